The van der Waals surface area contributed by atoms with Gasteiger partial charge in [-0.25, -0.2) is 4.98 Å². The van der Waals surface area contributed by atoms with E-state index >= 15 is 0 Å². The highest BCUT2D eigenvalue weighted by Gasteiger charge is 2.22. The fraction of sp³-hybridized carbons (Fsp3) is 0.727. The topological polar surface area (TPSA) is 28.2 Å². The van der Waals surface area contributed by atoms with Gasteiger partial charge in [0.2, 0.25) is 0 Å². The zero-order chi connectivity index (χ0) is 10.8. The first-order valence-electron chi connectivity index (χ1n) is 5.53. The predicted molar refractivity (Wildman–Crippen MR) is 64.2 cm³/mol. The molecule has 2 atom stereocenters. The molecule has 0 spiro atoms. The molecular formula is C11H19N3S. The van der Waals surface area contributed by atoms with Crippen LogP contribution >= 0.6 is 11.3 Å². The highest BCUT2D eigenvalue weighted by molar-refractivity contribution is 7.09. The number of nitrogens with zero attached hydrogens (tertiary/aromatic N) is 2. The minimum Gasteiger partial charge on any atom is -0.311 e. The number of piperazine rings is 1. The van der Waals surface area contributed by atoms with Gasteiger partial charge in [-0.15, -0.1) is 11.3 Å². The summed E-state index contributed by atoms with van der Waals surface area (Å²) in [6.07, 6.45) is 0. The molecule has 1 fully saturated rings. The third kappa shape index (κ3) is 2.77. The molecule has 1 saturated heterocycles. The van der Waals surface area contributed by atoms with Crippen molar-refractivity contribution in [1.29, 1.82) is 0 Å². The molecule has 15 heavy (non-hydrogen) atoms. The molecule has 1 N–H and O–H groups in total. The summed E-state index contributed by atoms with van der Waals surface area (Å²) in [6.45, 7) is 9.79. The first-order valence-corrected chi connectivity index (χ1v) is 6.41. The zero-order valence-corrected chi connectivity index (χ0v) is 10.5. The molecule has 1 aromatic rings. The molecule has 0 amide bonds. The lowest BCUT2D eigenvalue weighted by Gasteiger charge is -2.37. The van der Waals surface area contributed by atoms with E-state index in [1.54, 1.807) is 11.3 Å². The Balaban J connectivity index is 1.98. The molecule has 0 aliphatic carbocycles. The summed E-state index contributed by atoms with van der Waals surface area (Å²) >= 11 is 1.74. The minimum atomic E-state index is 0.598. The summed E-state index contributed by atoms with van der Waals surface area (Å²) in [5, 5.41) is 6.84. The van der Waals surface area contributed by atoms with Gasteiger partial charge in [0.1, 0.15) is 0 Å². The maximum Gasteiger partial charge on any atom is 0.0897 e. The molecule has 1 aliphatic rings. The molecule has 4 heteroatoms. The van der Waals surface area contributed by atoms with E-state index < -0.39 is 0 Å². The third-order valence-corrected chi connectivity index (χ3v) is 3.75. The maximum atomic E-state index is 4.52. The molecule has 2 unspecified atom stereocenters. The van der Waals surface area contributed by atoms with Crippen LogP contribution in [0.4, 0.5) is 0 Å². The highest BCUT2D eigenvalue weighted by Crippen LogP contribution is 2.14. The van der Waals surface area contributed by atoms with E-state index in [0.29, 0.717) is 12.1 Å². The van der Waals surface area contributed by atoms with Crippen LogP contribution in [0.1, 0.15) is 24.5 Å². The van der Waals surface area contributed by atoms with Crippen LogP contribution < -0.4 is 5.32 Å². The van der Waals surface area contributed by atoms with E-state index in [1.807, 2.05) is 0 Å². The predicted octanol–water partition coefficient (Wildman–Crippen LogP) is 1.63. The number of aromatic nitrogens is 1. The molecule has 2 rings (SSSR count). The third-order valence-electron chi connectivity index (χ3n) is 2.93. The molecule has 0 bridgehead atoms. The fourth-order valence-corrected chi connectivity index (χ4v) is 2.61. The Kier molecular flexibility index (Phi) is 3.38. The van der Waals surface area contributed by atoms with Crippen LogP contribution in [0, 0.1) is 6.92 Å². The minimum absolute atomic E-state index is 0.598. The van der Waals surface area contributed by atoms with Crippen molar-refractivity contribution in [3.63, 3.8) is 0 Å². The normalized spacial score (nSPS) is 28.2. The summed E-state index contributed by atoms with van der Waals surface area (Å²) in [6, 6.07) is 1.21. The lowest BCUT2D eigenvalue weighted by atomic mass is 10.1. The van der Waals surface area contributed by atoms with Crippen LogP contribution in [-0.4, -0.2) is 35.1 Å². The molecule has 0 aromatic carbocycles. The van der Waals surface area contributed by atoms with E-state index in [2.05, 4.69) is 41.4 Å². The lowest BCUT2D eigenvalue weighted by Crippen LogP contribution is -2.53. The standard InChI is InChI=1S/C11H19N3S/c1-8-5-14(9(2)4-12-8)6-11-7-15-10(3)13-11/h7-9,12H,4-6H2,1-3H3. The van der Waals surface area contributed by atoms with Gasteiger partial charge >= 0.3 is 0 Å². The van der Waals surface area contributed by atoms with Gasteiger partial charge in [0.05, 0.1) is 10.7 Å². The Morgan fingerprint density at radius 3 is 3.07 bits per heavy atom. The first-order chi connectivity index (χ1) is 7.15. The summed E-state index contributed by atoms with van der Waals surface area (Å²) in [7, 11) is 0. The van der Waals surface area contributed by atoms with Gasteiger partial charge in [0.15, 0.2) is 0 Å². The van der Waals surface area contributed by atoms with Gasteiger partial charge < -0.3 is 5.32 Å². The van der Waals surface area contributed by atoms with Gasteiger partial charge in [-0.2, -0.15) is 0 Å². The van der Waals surface area contributed by atoms with Crippen LogP contribution in [0.25, 0.3) is 0 Å². The van der Waals surface area contributed by atoms with E-state index in [-0.39, 0.29) is 0 Å². The monoisotopic (exact) mass is 225 g/mol. The second kappa shape index (κ2) is 4.60. The van der Waals surface area contributed by atoms with Crippen molar-refractivity contribution in [3.05, 3.63) is 16.1 Å². The van der Waals surface area contributed by atoms with Crippen molar-refractivity contribution in [2.75, 3.05) is 13.1 Å². The number of nitrogens with one attached hydrogen (secondary N) is 1. The average molecular weight is 225 g/mol. The van der Waals surface area contributed by atoms with Crippen LogP contribution in [0.2, 0.25) is 0 Å². The molecule has 1 aliphatic heterocycles. The zero-order valence-electron chi connectivity index (χ0n) is 9.66. The smallest absolute Gasteiger partial charge is 0.0897 e. The fourth-order valence-electron chi connectivity index (χ4n) is 2.01. The van der Waals surface area contributed by atoms with Crippen molar-refractivity contribution >= 4 is 11.3 Å². The summed E-state index contributed by atoms with van der Waals surface area (Å²) < 4.78 is 0. The van der Waals surface area contributed by atoms with E-state index in [4.69, 9.17) is 0 Å². The van der Waals surface area contributed by atoms with Crippen LogP contribution in [-0.2, 0) is 6.54 Å². The number of thiazole rings is 1. The van der Waals surface area contributed by atoms with Crippen molar-refractivity contribution in [2.45, 2.75) is 39.4 Å². The molecule has 84 valence electrons. The Morgan fingerprint density at radius 1 is 1.60 bits per heavy atom. The summed E-state index contributed by atoms with van der Waals surface area (Å²) in [5.74, 6) is 0. The van der Waals surface area contributed by atoms with Gasteiger partial charge in [0.25, 0.3) is 0 Å². The number of hydrogen-bond donors (Lipinski definition) is 1. The first kappa shape index (κ1) is 11.0. The SMILES string of the molecule is Cc1nc(CN2CC(C)NCC2C)cs1. The molecular weight excluding hydrogens is 206 g/mol. The Morgan fingerprint density at radius 2 is 2.40 bits per heavy atom. The second-order valence-corrected chi connectivity index (χ2v) is 5.51. The Bertz CT molecular complexity index is 323. The quantitative estimate of drug-likeness (QED) is 0.829. The number of aryl methyl sites for hydroxylation is 1. The van der Waals surface area contributed by atoms with Crippen molar-refractivity contribution < 1.29 is 0 Å². The number of rotatable bonds is 2. The van der Waals surface area contributed by atoms with E-state index in [9.17, 15) is 0 Å². The lowest BCUT2D eigenvalue weighted by molar-refractivity contribution is 0.137. The molecule has 3 nitrogen and oxygen atoms in total. The maximum absolute atomic E-state index is 4.52. The molecule has 2 heterocycles. The molecule has 0 saturated carbocycles. The van der Waals surface area contributed by atoms with E-state index in [0.717, 1.165) is 19.6 Å². The Hall–Kier alpha value is -0.450. The molecule has 0 radical (unpaired) electrons. The van der Waals surface area contributed by atoms with Crippen LogP contribution in [0.15, 0.2) is 5.38 Å². The highest BCUT2D eigenvalue weighted by atomic mass is 32.1. The average Bonchev–Trinajstić information content (AvgIpc) is 2.58. The summed E-state index contributed by atoms with van der Waals surface area (Å²) in [4.78, 5) is 7.03. The van der Waals surface area contributed by atoms with Gasteiger partial charge in [-0.1, -0.05) is 0 Å². The largest absolute Gasteiger partial charge is 0.311 e. The van der Waals surface area contributed by atoms with Crippen molar-refractivity contribution in [3.8, 4) is 0 Å². The van der Waals surface area contributed by atoms with Crippen LogP contribution in [0.3, 0.4) is 0 Å². The van der Waals surface area contributed by atoms with Gasteiger partial charge in [-0.3, -0.25) is 4.90 Å². The van der Waals surface area contributed by atoms with Crippen LogP contribution in [0.5, 0.6) is 0 Å². The summed E-state index contributed by atoms with van der Waals surface area (Å²) in [5.41, 5.74) is 1.22. The molecule has 1 aromatic heterocycles. The second-order valence-electron chi connectivity index (χ2n) is 4.45. The van der Waals surface area contributed by atoms with Gasteiger partial charge in [-0.05, 0) is 20.8 Å². The van der Waals surface area contributed by atoms with E-state index in [1.165, 1.54) is 10.7 Å². The van der Waals surface area contributed by atoms with Crippen molar-refractivity contribution in [2.24, 2.45) is 0 Å². The van der Waals surface area contributed by atoms with Crippen molar-refractivity contribution in [1.82, 2.24) is 15.2 Å². The van der Waals surface area contributed by atoms with Gasteiger partial charge in [0, 0.05) is 37.1 Å². The Labute approximate surface area is 95.5 Å². The number of hydrogen-bond acceptors (Lipinski definition) is 4.